The molecule has 5 heteroatoms. The van der Waals surface area contributed by atoms with E-state index in [9.17, 15) is 9.59 Å². The van der Waals surface area contributed by atoms with Crippen LogP contribution in [0.25, 0.3) is 0 Å². The van der Waals surface area contributed by atoms with Crippen LogP contribution in [0.15, 0.2) is 12.2 Å². The number of carbonyl (C=O) groups excluding carboxylic acids is 2. The highest BCUT2D eigenvalue weighted by Gasteiger charge is 2.34. The predicted octanol–water partition coefficient (Wildman–Crippen LogP) is -0.362. The van der Waals surface area contributed by atoms with Gasteiger partial charge in [-0.05, 0) is 19.1 Å². The molecule has 78 valence electrons. The Morgan fingerprint density at radius 2 is 2.36 bits per heavy atom. The second-order valence-electron chi connectivity index (χ2n) is 3.02. The molecule has 0 radical (unpaired) electrons. The predicted molar refractivity (Wildman–Crippen MR) is 46.2 cm³/mol. The van der Waals surface area contributed by atoms with E-state index in [1.807, 2.05) is 0 Å². The average molecular weight is 200 g/mol. The molecule has 0 aromatic rings. The molecule has 1 N–H and O–H groups in total. The van der Waals surface area contributed by atoms with Crippen LogP contribution in [-0.4, -0.2) is 36.4 Å². The van der Waals surface area contributed by atoms with Crippen molar-refractivity contribution in [3.63, 3.8) is 0 Å². The molecule has 0 saturated carbocycles. The number of ether oxygens (including phenoxy) is 2. The first-order valence-electron chi connectivity index (χ1n) is 4.19. The quantitative estimate of drug-likeness (QED) is 0.616. The number of ketones is 1. The van der Waals surface area contributed by atoms with Crippen molar-refractivity contribution >= 4 is 11.8 Å². The van der Waals surface area contributed by atoms with Gasteiger partial charge in [0.15, 0.2) is 12.1 Å². The minimum absolute atomic E-state index is 0.340. The van der Waals surface area contributed by atoms with Crippen LogP contribution in [0.2, 0.25) is 0 Å². The van der Waals surface area contributed by atoms with E-state index in [1.54, 1.807) is 0 Å². The van der Waals surface area contributed by atoms with Crippen LogP contribution < -0.4 is 0 Å². The lowest BCUT2D eigenvalue weighted by atomic mass is 9.99. The van der Waals surface area contributed by atoms with E-state index in [0.29, 0.717) is 0 Å². The van der Waals surface area contributed by atoms with Crippen molar-refractivity contribution in [1.29, 1.82) is 0 Å². The number of aliphatic hydroxyl groups excluding tert-OH is 1. The highest BCUT2D eigenvalue weighted by molar-refractivity contribution is 5.97. The topological polar surface area (TPSA) is 72.8 Å². The number of aliphatic hydroxyl groups is 1. The van der Waals surface area contributed by atoms with Gasteiger partial charge in [0.05, 0.1) is 13.0 Å². The van der Waals surface area contributed by atoms with Gasteiger partial charge < -0.3 is 14.6 Å². The Labute approximate surface area is 81.3 Å². The Balaban J connectivity index is 2.72. The van der Waals surface area contributed by atoms with Crippen molar-refractivity contribution < 1.29 is 24.2 Å². The van der Waals surface area contributed by atoms with Crippen LogP contribution in [0.3, 0.4) is 0 Å². The fourth-order valence-electron chi connectivity index (χ4n) is 1.21. The molecule has 3 atom stereocenters. The van der Waals surface area contributed by atoms with Gasteiger partial charge in [0.2, 0.25) is 0 Å². The van der Waals surface area contributed by atoms with Crippen molar-refractivity contribution in [2.45, 2.75) is 19.3 Å². The van der Waals surface area contributed by atoms with Gasteiger partial charge >= 0.3 is 5.97 Å². The summed E-state index contributed by atoms with van der Waals surface area (Å²) in [5.74, 6) is -1.59. The molecule has 0 spiro atoms. The summed E-state index contributed by atoms with van der Waals surface area (Å²) in [6.45, 7) is 1.51. The van der Waals surface area contributed by atoms with Gasteiger partial charge in [-0.2, -0.15) is 0 Å². The van der Waals surface area contributed by atoms with Crippen LogP contribution in [0.4, 0.5) is 0 Å². The van der Waals surface area contributed by atoms with Crippen molar-refractivity contribution in [1.82, 2.24) is 0 Å². The summed E-state index contributed by atoms with van der Waals surface area (Å²) in [5, 5.41) is 9.09. The summed E-state index contributed by atoms with van der Waals surface area (Å²) < 4.78 is 9.37. The second-order valence-corrected chi connectivity index (χ2v) is 3.02. The molecule has 0 aromatic carbocycles. The molecule has 0 saturated heterocycles. The maximum absolute atomic E-state index is 11.3. The Morgan fingerprint density at radius 3 is 2.93 bits per heavy atom. The summed E-state index contributed by atoms with van der Waals surface area (Å²) in [5.41, 5.74) is 0. The van der Waals surface area contributed by atoms with Crippen LogP contribution in [-0.2, 0) is 19.1 Å². The number of carbonyl (C=O) groups is 2. The second kappa shape index (κ2) is 4.34. The molecular formula is C9H12O5. The zero-order valence-electron chi connectivity index (χ0n) is 7.97. The minimum atomic E-state index is -1.13. The number of rotatable bonds is 2. The molecule has 1 aliphatic heterocycles. The lowest BCUT2D eigenvalue weighted by molar-refractivity contribution is -0.169. The van der Waals surface area contributed by atoms with Gasteiger partial charge in [-0.15, -0.1) is 0 Å². The smallest absolute Gasteiger partial charge is 0.311 e. The first kappa shape index (κ1) is 10.9. The lowest BCUT2D eigenvalue weighted by Gasteiger charge is -2.24. The number of hydrogen-bond donors (Lipinski definition) is 1. The van der Waals surface area contributed by atoms with E-state index < -0.39 is 24.3 Å². The maximum Gasteiger partial charge on any atom is 0.311 e. The highest BCUT2D eigenvalue weighted by Crippen LogP contribution is 2.16. The molecule has 3 unspecified atom stereocenters. The summed E-state index contributed by atoms with van der Waals surface area (Å²) in [6.07, 6.45) is 0.341. The Hall–Kier alpha value is -1.20. The summed E-state index contributed by atoms with van der Waals surface area (Å²) in [4.78, 5) is 22.4. The first-order valence-corrected chi connectivity index (χ1v) is 4.19. The molecule has 14 heavy (non-hydrogen) atoms. The van der Waals surface area contributed by atoms with E-state index in [2.05, 4.69) is 4.74 Å². The Morgan fingerprint density at radius 1 is 1.71 bits per heavy atom. The maximum atomic E-state index is 11.3. The highest BCUT2D eigenvalue weighted by atomic mass is 16.6. The van der Waals surface area contributed by atoms with Gasteiger partial charge in [0.25, 0.3) is 0 Å². The molecule has 1 aliphatic rings. The molecule has 0 amide bonds. The van der Waals surface area contributed by atoms with E-state index in [1.165, 1.54) is 26.2 Å². The fourth-order valence-corrected chi connectivity index (χ4v) is 1.21. The largest absolute Gasteiger partial charge is 0.469 e. The van der Waals surface area contributed by atoms with Crippen LogP contribution >= 0.6 is 0 Å². The van der Waals surface area contributed by atoms with Crippen molar-refractivity contribution in [3.8, 4) is 0 Å². The third kappa shape index (κ3) is 2.18. The summed E-state index contributed by atoms with van der Waals surface area (Å²) in [6, 6.07) is 0. The average Bonchev–Trinajstić information content (AvgIpc) is 2.19. The minimum Gasteiger partial charge on any atom is -0.469 e. The van der Waals surface area contributed by atoms with Crippen molar-refractivity contribution in [2.24, 2.45) is 5.92 Å². The molecule has 0 bridgehead atoms. The van der Waals surface area contributed by atoms with Gasteiger partial charge in [-0.3, -0.25) is 9.59 Å². The van der Waals surface area contributed by atoms with E-state index in [4.69, 9.17) is 9.84 Å². The van der Waals surface area contributed by atoms with Gasteiger partial charge in [-0.1, -0.05) is 0 Å². The fraction of sp³-hybridized carbons (Fsp3) is 0.556. The molecule has 0 aromatic heterocycles. The normalized spacial score (nSPS) is 28.6. The third-order valence-corrected chi connectivity index (χ3v) is 2.02. The van der Waals surface area contributed by atoms with Gasteiger partial charge in [0, 0.05) is 0 Å². The zero-order valence-corrected chi connectivity index (χ0v) is 7.97. The Bertz CT molecular complexity index is 270. The van der Waals surface area contributed by atoms with Crippen molar-refractivity contribution in [3.05, 3.63) is 12.2 Å². The van der Waals surface area contributed by atoms with E-state index in [-0.39, 0.29) is 5.78 Å². The zero-order chi connectivity index (χ0) is 10.7. The van der Waals surface area contributed by atoms with Crippen LogP contribution in [0.1, 0.15) is 6.92 Å². The SMILES string of the molecule is COC(=O)C(C)C1OC(O)C=CC1=O. The molecular weight excluding hydrogens is 188 g/mol. The standard InChI is InChI=1S/C9H12O5/c1-5(9(12)13-2)8-6(10)3-4-7(11)14-8/h3-5,7-8,11H,1-2H3. The molecule has 1 rings (SSSR count). The van der Waals surface area contributed by atoms with Gasteiger partial charge in [-0.25, -0.2) is 0 Å². The Kier molecular flexibility index (Phi) is 3.38. The summed E-state index contributed by atoms with van der Waals surface area (Å²) in [7, 11) is 1.23. The number of esters is 1. The first-order chi connectivity index (χ1) is 6.56. The van der Waals surface area contributed by atoms with Gasteiger partial charge in [0.1, 0.15) is 6.10 Å². The van der Waals surface area contributed by atoms with E-state index >= 15 is 0 Å². The van der Waals surface area contributed by atoms with Crippen LogP contribution in [0, 0.1) is 5.92 Å². The number of methoxy groups -OCH3 is 1. The van der Waals surface area contributed by atoms with Crippen molar-refractivity contribution in [2.75, 3.05) is 7.11 Å². The molecule has 0 aliphatic carbocycles. The monoisotopic (exact) mass is 200 g/mol. The lowest BCUT2D eigenvalue weighted by Crippen LogP contribution is -2.40. The van der Waals surface area contributed by atoms with Crippen LogP contribution in [0.5, 0.6) is 0 Å². The summed E-state index contributed by atoms with van der Waals surface area (Å²) >= 11 is 0. The molecule has 5 nitrogen and oxygen atoms in total. The molecule has 1 heterocycles. The number of hydrogen-bond acceptors (Lipinski definition) is 5. The van der Waals surface area contributed by atoms with E-state index in [0.717, 1.165) is 0 Å². The third-order valence-electron chi connectivity index (χ3n) is 2.02. The molecule has 0 fully saturated rings.